The Bertz CT molecular complexity index is 2120. The highest BCUT2D eigenvalue weighted by atomic mass is 32.3. The maximum Gasteiger partial charge on any atom is 0.257 e. The quantitative estimate of drug-likeness (QED) is 0.170. The highest BCUT2D eigenvalue weighted by Gasteiger charge is 2.51. The number of sulfonamides is 4. The van der Waals surface area contributed by atoms with E-state index in [1.54, 1.807) is 30.3 Å². The molecule has 0 radical (unpaired) electrons. The molecule has 0 aliphatic heterocycles. The van der Waals surface area contributed by atoms with Gasteiger partial charge in [-0.2, -0.15) is 0 Å². The fourth-order valence-corrected chi connectivity index (χ4v) is 13.4. The molecule has 0 saturated carbocycles. The van der Waals surface area contributed by atoms with Crippen LogP contribution in [0.3, 0.4) is 0 Å². The van der Waals surface area contributed by atoms with Gasteiger partial charge in [-0.15, -0.1) is 0 Å². The summed E-state index contributed by atoms with van der Waals surface area (Å²) >= 11 is 0. The van der Waals surface area contributed by atoms with Gasteiger partial charge in [-0.3, -0.25) is 0 Å². The van der Waals surface area contributed by atoms with Crippen molar-refractivity contribution >= 4 is 40.1 Å². The number of hydrogen-bond donors (Lipinski definition) is 0. The second-order valence-corrected chi connectivity index (χ2v) is 18.0. The summed E-state index contributed by atoms with van der Waals surface area (Å²) in [5, 5.41) is 0. The van der Waals surface area contributed by atoms with Crippen molar-refractivity contribution in [2.24, 2.45) is 0 Å². The van der Waals surface area contributed by atoms with Gasteiger partial charge in [-0.1, -0.05) is 111 Å². The van der Waals surface area contributed by atoms with E-state index < -0.39 is 71.8 Å². The number of rotatable bonds is 12. The molecular formula is C33H30N2O8S4. The van der Waals surface area contributed by atoms with Gasteiger partial charge in [0.05, 0.1) is 31.7 Å². The van der Waals surface area contributed by atoms with Crippen molar-refractivity contribution in [1.82, 2.24) is 7.42 Å². The lowest BCUT2D eigenvalue weighted by molar-refractivity contribution is 0.312. The summed E-state index contributed by atoms with van der Waals surface area (Å²) in [5.74, 6) is 0. The lowest BCUT2D eigenvalue weighted by Gasteiger charge is -2.38. The first-order valence-electron chi connectivity index (χ1n) is 14.1. The molecule has 0 spiro atoms. The topological polar surface area (TPSA) is 143 Å². The molecule has 14 heteroatoms. The number of benzene rings is 5. The maximum atomic E-state index is 14.6. The Labute approximate surface area is 275 Å². The summed E-state index contributed by atoms with van der Waals surface area (Å²) in [6, 6.07) is 30.7. The van der Waals surface area contributed by atoms with E-state index in [0.29, 0.717) is 0 Å². The molecule has 0 aromatic heterocycles. The molecule has 5 aromatic rings. The van der Waals surface area contributed by atoms with Crippen LogP contribution in [0.5, 0.6) is 0 Å². The van der Waals surface area contributed by atoms with E-state index in [9.17, 15) is 33.7 Å². The highest BCUT2D eigenvalue weighted by Crippen LogP contribution is 2.41. The molecule has 47 heavy (non-hydrogen) atoms. The van der Waals surface area contributed by atoms with Crippen LogP contribution >= 0.6 is 0 Å². The van der Waals surface area contributed by atoms with Crippen molar-refractivity contribution in [3.63, 3.8) is 0 Å². The molecule has 0 aliphatic carbocycles. The molecule has 0 amide bonds. The fourth-order valence-electron chi connectivity index (χ4n) is 5.12. The second-order valence-electron chi connectivity index (χ2n) is 10.3. The van der Waals surface area contributed by atoms with Crippen LogP contribution in [0.2, 0.25) is 0 Å². The highest BCUT2D eigenvalue weighted by molar-refractivity contribution is 8.04. The Morgan fingerprint density at radius 1 is 0.362 bits per heavy atom. The molecule has 2 atom stereocenters. The summed E-state index contributed by atoms with van der Waals surface area (Å²) in [5.41, 5.74) is 0.0236. The molecule has 0 heterocycles. The molecule has 0 bridgehead atoms. The Morgan fingerprint density at radius 3 is 0.872 bits per heavy atom. The van der Waals surface area contributed by atoms with Crippen molar-refractivity contribution in [1.29, 1.82) is 0 Å². The van der Waals surface area contributed by atoms with Crippen LogP contribution in [0.1, 0.15) is 18.5 Å². The molecule has 10 nitrogen and oxygen atoms in total. The lowest BCUT2D eigenvalue weighted by atomic mass is 10.0. The molecule has 0 fully saturated rings. The molecule has 0 unspecified atom stereocenters. The third-order valence-corrected chi connectivity index (χ3v) is 16.1. The molecule has 244 valence electrons. The third-order valence-electron chi connectivity index (χ3n) is 7.27. The smallest absolute Gasteiger partial charge is 0.206 e. The summed E-state index contributed by atoms with van der Waals surface area (Å²) in [6.07, 6.45) is 0. The first-order valence-corrected chi connectivity index (χ1v) is 19.9. The van der Waals surface area contributed by atoms with Crippen molar-refractivity contribution in [2.45, 2.75) is 38.6 Å². The largest absolute Gasteiger partial charge is 0.257 e. The molecule has 5 aromatic carbocycles. The lowest BCUT2D eigenvalue weighted by Crippen LogP contribution is -2.52. The van der Waals surface area contributed by atoms with Crippen molar-refractivity contribution < 1.29 is 33.7 Å². The molecule has 0 aliphatic rings. The van der Waals surface area contributed by atoms with Gasteiger partial charge in [0.2, 0.25) is 0 Å². The van der Waals surface area contributed by atoms with Gasteiger partial charge < -0.3 is 0 Å². The Balaban J connectivity index is 1.87. The maximum absolute atomic E-state index is 14.6. The minimum atomic E-state index is -5.02. The van der Waals surface area contributed by atoms with Crippen LogP contribution in [0.15, 0.2) is 171 Å². The van der Waals surface area contributed by atoms with Gasteiger partial charge >= 0.3 is 0 Å². The molecule has 5 rings (SSSR count). The van der Waals surface area contributed by atoms with E-state index in [2.05, 4.69) is 0 Å². The van der Waals surface area contributed by atoms with Gasteiger partial charge in [0.15, 0.2) is 0 Å². The Kier molecular flexibility index (Phi) is 9.82. The first kappa shape index (κ1) is 34.2. The zero-order valence-corrected chi connectivity index (χ0v) is 28.1. The van der Waals surface area contributed by atoms with Crippen LogP contribution in [0.4, 0.5) is 0 Å². The van der Waals surface area contributed by atoms with Crippen LogP contribution < -0.4 is 0 Å². The van der Waals surface area contributed by atoms with Crippen molar-refractivity contribution in [3.8, 4) is 0 Å². The second kappa shape index (κ2) is 13.5. The van der Waals surface area contributed by atoms with Crippen molar-refractivity contribution in [3.05, 3.63) is 157 Å². The first-order chi connectivity index (χ1) is 22.3. The standard InChI is InChI=1S/C33H30N2O8S4/c1-27(34(44(36,37)29-19-9-3-10-20-29)45(38,39)30-21-11-4-12-22-30)33(28-17-7-2-8-18-28)35(46(40,41)31-23-13-5-14-24-31)47(42,43)32-25-15-6-16-26-32/h2-27,33H,1H3/t27-,33-/m0/s1. The molecule has 0 N–H and O–H groups in total. The summed E-state index contributed by atoms with van der Waals surface area (Å²) in [7, 11) is -20.0. The molecular weight excluding hydrogens is 681 g/mol. The van der Waals surface area contributed by atoms with Gasteiger partial charge in [0.25, 0.3) is 40.1 Å². The van der Waals surface area contributed by atoms with Crippen LogP contribution in [-0.4, -0.2) is 47.1 Å². The van der Waals surface area contributed by atoms with Crippen LogP contribution in [0, 0.1) is 0 Å². The third kappa shape index (κ3) is 6.66. The van der Waals surface area contributed by atoms with E-state index in [0.717, 1.165) is 0 Å². The predicted molar refractivity (Wildman–Crippen MR) is 177 cm³/mol. The van der Waals surface area contributed by atoms with E-state index in [1.165, 1.54) is 128 Å². The minimum Gasteiger partial charge on any atom is -0.206 e. The van der Waals surface area contributed by atoms with E-state index in [-0.39, 0.29) is 13.0 Å². The van der Waals surface area contributed by atoms with Crippen LogP contribution in [-0.2, 0) is 40.1 Å². The summed E-state index contributed by atoms with van der Waals surface area (Å²) in [4.78, 5) is -1.62. The van der Waals surface area contributed by atoms with E-state index in [4.69, 9.17) is 0 Å². The Hall–Kier alpha value is -4.18. The number of hydrogen-bond acceptors (Lipinski definition) is 8. The normalized spacial score (nSPS) is 14.1. The molecule has 0 saturated heterocycles. The zero-order chi connectivity index (χ0) is 33.9. The van der Waals surface area contributed by atoms with E-state index >= 15 is 0 Å². The average molecular weight is 711 g/mol. The monoisotopic (exact) mass is 710 g/mol. The fraction of sp³-hybridized carbons (Fsp3) is 0.0909. The van der Waals surface area contributed by atoms with Crippen LogP contribution in [0.25, 0.3) is 0 Å². The SMILES string of the molecule is C[C@@H]([C@@H](c1ccccc1)N(S(=O)(=O)c1ccccc1)S(=O)(=O)c1ccccc1)N(S(=O)(=O)c1ccccc1)S(=O)(=O)c1ccccc1. The Morgan fingerprint density at radius 2 is 0.596 bits per heavy atom. The van der Waals surface area contributed by atoms with Gasteiger partial charge in [0, 0.05) is 0 Å². The minimum absolute atomic E-state index is 0.0236. The zero-order valence-electron chi connectivity index (χ0n) is 24.9. The average Bonchev–Trinajstić information content (AvgIpc) is 3.08. The van der Waals surface area contributed by atoms with Gasteiger partial charge in [-0.25, -0.2) is 33.7 Å². The van der Waals surface area contributed by atoms with Gasteiger partial charge in [-0.05, 0) is 61.0 Å². The van der Waals surface area contributed by atoms with E-state index in [1.807, 2.05) is 0 Å². The number of nitrogens with zero attached hydrogens (tertiary/aromatic N) is 2. The summed E-state index contributed by atoms with van der Waals surface area (Å²) in [6.45, 7) is 1.17. The predicted octanol–water partition coefficient (Wildman–Crippen LogP) is 5.28. The van der Waals surface area contributed by atoms with Crippen molar-refractivity contribution in [2.75, 3.05) is 0 Å². The van der Waals surface area contributed by atoms with Gasteiger partial charge in [0.1, 0.15) is 0 Å². The summed E-state index contributed by atoms with van der Waals surface area (Å²) < 4.78 is 116.